The molecule has 0 saturated heterocycles. The maximum absolute atomic E-state index is 13.1. The molecule has 4 heteroatoms. The molecule has 0 spiro atoms. The van der Waals surface area contributed by atoms with Crippen molar-refractivity contribution < 1.29 is 9.36 Å². The molecular formula is C24H28N3O+. The number of imidazole rings is 1. The number of carbonyl (C=O) groups excluding carboxylic acids is 1. The Labute approximate surface area is 166 Å². The monoisotopic (exact) mass is 374 g/mol. The number of nitrogens with two attached hydrogens (primary N) is 1. The van der Waals surface area contributed by atoms with E-state index in [1.807, 2.05) is 60.7 Å². The van der Waals surface area contributed by atoms with Crippen molar-refractivity contribution in [2.75, 3.05) is 0 Å². The fourth-order valence-electron chi connectivity index (χ4n) is 5.09. The molecule has 144 valence electrons. The van der Waals surface area contributed by atoms with E-state index in [1.54, 1.807) is 0 Å². The van der Waals surface area contributed by atoms with E-state index in [2.05, 4.69) is 35.5 Å². The molecule has 2 aromatic carbocycles. The predicted octanol–water partition coefficient (Wildman–Crippen LogP) is 3.43. The number of primary amides is 1. The summed E-state index contributed by atoms with van der Waals surface area (Å²) in [6, 6.07) is 20.5. The minimum absolute atomic E-state index is 0.159. The molecule has 3 aromatic rings. The van der Waals surface area contributed by atoms with E-state index in [-0.39, 0.29) is 11.8 Å². The zero-order chi connectivity index (χ0) is 19.7. The first-order valence-corrected chi connectivity index (χ1v) is 9.99. The Kier molecular flexibility index (Phi) is 4.80. The molecular weight excluding hydrogens is 346 g/mol. The van der Waals surface area contributed by atoms with Gasteiger partial charge in [-0.15, -0.1) is 0 Å². The number of aromatic nitrogens is 2. The maximum Gasteiger partial charge on any atom is 0.253 e. The number of amides is 1. The van der Waals surface area contributed by atoms with Gasteiger partial charge in [0.15, 0.2) is 0 Å². The average Bonchev–Trinajstić information content (AvgIpc) is 3.32. The molecule has 1 fully saturated rings. The number of carbonyl (C=O) groups is 1. The fraction of sp³-hybridized carbons (Fsp3) is 0.333. The Balaban J connectivity index is 1.81. The molecule has 0 radical (unpaired) electrons. The molecule has 28 heavy (non-hydrogen) atoms. The van der Waals surface area contributed by atoms with Gasteiger partial charge in [0.25, 0.3) is 5.82 Å². The second-order valence-corrected chi connectivity index (χ2v) is 7.93. The van der Waals surface area contributed by atoms with Crippen LogP contribution in [-0.2, 0) is 17.3 Å². The van der Waals surface area contributed by atoms with Gasteiger partial charge in [-0.1, -0.05) is 60.7 Å². The lowest BCUT2D eigenvalue weighted by molar-refractivity contribution is -0.677. The largest absolute Gasteiger partial charge is 0.369 e. The van der Waals surface area contributed by atoms with E-state index in [0.717, 1.165) is 30.4 Å². The van der Waals surface area contributed by atoms with Crippen LogP contribution in [0, 0.1) is 12.8 Å². The lowest BCUT2D eigenvalue weighted by Gasteiger charge is -2.37. The molecule has 1 amide bonds. The van der Waals surface area contributed by atoms with Crippen LogP contribution in [0.3, 0.4) is 0 Å². The highest BCUT2D eigenvalue weighted by Gasteiger charge is 2.51. The van der Waals surface area contributed by atoms with E-state index in [1.165, 1.54) is 5.82 Å². The van der Waals surface area contributed by atoms with Gasteiger partial charge in [-0.05, 0) is 36.3 Å². The van der Waals surface area contributed by atoms with Gasteiger partial charge in [0.2, 0.25) is 5.91 Å². The quantitative estimate of drug-likeness (QED) is 0.684. The van der Waals surface area contributed by atoms with Crippen LogP contribution in [0.2, 0.25) is 0 Å². The van der Waals surface area contributed by atoms with Crippen molar-refractivity contribution in [1.82, 2.24) is 4.57 Å². The van der Waals surface area contributed by atoms with E-state index in [0.29, 0.717) is 6.04 Å². The van der Waals surface area contributed by atoms with Gasteiger partial charge in [0.1, 0.15) is 23.9 Å². The van der Waals surface area contributed by atoms with Crippen molar-refractivity contribution in [3.8, 4) is 0 Å². The predicted molar refractivity (Wildman–Crippen MR) is 110 cm³/mol. The van der Waals surface area contributed by atoms with E-state index in [4.69, 9.17) is 5.73 Å². The Hall–Kier alpha value is -2.88. The van der Waals surface area contributed by atoms with Gasteiger partial charge in [-0.3, -0.25) is 4.79 Å². The topological polar surface area (TPSA) is 51.9 Å². The first kappa shape index (κ1) is 18.5. The third-order valence-corrected chi connectivity index (χ3v) is 6.59. The van der Waals surface area contributed by atoms with Gasteiger partial charge in [0, 0.05) is 6.92 Å². The molecule has 4 rings (SSSR count). The van der Waals surface area contributed by atoms with Gasteiger partial charge in [-0.25, -0.2) is 9.13 Å². The highest BCUT2D eigenvalue weighted by Crippen LogP contribution is 2.49. The number of nitrogens with zero attached hydrogens (tertiary/aromatic N) is 2. The summed E-state index contributed by atoms with van der Waals surface area (Å²) in [6.07, 6.45) is 7.20. The van der Waals surface area contributed by atoms with Gasteiger partial charge in [0.05, 0.1) is 7.05 Å². The highest BCUT2D eigenvalue weighted by atomic mass is 16.1. The number of benzene rings is 2. The van der Waals surface area contributed by atoms with E-state index >= 15 is 0 Å². The molecule has 1 aromatic heterocycles. The van der Waals surface area contributed by atoms with Crippen molar-refractivity contribution in [2.24, 2.45) is 18.7 Å². The average molecular weight is 375 g/mol. The zero-order valence-electron chi connectivity index (χ0n) is 16.6. The summed E-state index contributed by atoms with van der Waals surface area (Å²) in [6.45, 7) is 2.14. The molecule has 0 bridgehead atoms. The molecule has 2 N–H and O–H groups in total. The molecule has 2 unspecified atom stereocenters. The molecule has 1 aliphatic rings. The molecule has 1 saturated carbocycles. The van der Waals surface area contributed by atoms with Crippen molar-refractivity contribution in [3.63, 3.8) is 0 Å². The van der Waals surface area contributed by atoms with Gasteiger partial charge < -0.3 is 5.73 Å². The van der Waals surface area contributed by atoms with Crippen LogP contribution in [0.1, 0.15) is 42.3 Å². The zero-order valence-corrected chi connectivity index (χ0v) is 16.6. The molecule has 1 aliphatic carbocycles. The Morgan fingerprint density at radius 3 is 2.07 bits per heavy atom. The van der Waals surface area contributed by atoms with Crippen LogP contribution >= 0.6 is 0 Å². The van der Waals surface area contributed by atoms with Crippen molar-refractivity contribution in [1.29, 1.82) is 0 Å². The Morgan fingerprint density at radius 1 is 1.04 bits per heavy atom. The minimum atomic E-state index is -0.805. The van der Waals surface area contributed by atoms with Crippen molar-refractivity contribution in [2.45, 2.75) is 37.6 Å². The van der Waals surface area contributed by atoms with E-state index < -0.39 is 5.41 Å². The highest BCUT2D eigenvalue weighted by molar-refractivity contribution is 5.91. The summed E-state index contributed by atoms with van der Waals surface area (Å²) in [7, 11) is 2.07. The summed E-state index contributed by atoms with van der Waals surface area (Å²) in [4.78, 5) is 13.1. The van der Waals surface area contributed by atoms with Gasteiger partial charge in [-0.2, -0.15) is 0 Å². The molecule has 0 aliphatic heterocycles. The first-order valence-electron chi connectivity index (χ1n) is 9.99. The Bertz CT molecular complexity index is 923. The fourth-order valence-corrected chi connectivity index (χ4v) is 5.09. The summed E-state index contributed by atoms with van der Waals surface area (Å²) in [5.74, 6) is 1.13. The smallest absolute Gasteiger partial charge is 0.253 e. The van der Waals surface area contributed by atoms with Crippen LogP contribution in [-0.4, -0.2) is 10.5 Å². The number of rotatable bonds is 5. The third-order valence-electron chi connectivity index (χ3n) is 6.59. The normalized spacial score (nSPS) is 19.6. The standard InChI is InChI=1S/C24H27N3O/c1-18-26(2)15-16-27(18)22-14-13-21(17-22)24(23(25)28,19-9-5-3-6-10-19)20-11-7-4-8-12-20/h3-12,15-16,21-22H,13-14,17H2,1-2H3,(H-,25,28)/p+1. The third kappa shape index (κ3) is 2.84. The summed E-state index contributed by atoms with van der Waals surface area (Å²) >= 11 is 0. The summed E-state index contributed by atoms with van der Waals surface area (Å²) in [5.41, 5.74) is 7.37. The number of hydrogen-bond donors (Lipinski definition) is 1. The maximum atomic E-state index is 13.1. The van der Waals surface area contributed by atoms with E-state index in [9.17, 15) is 4.79 Å². The summed E-state index contributed by atoms with van der Waals surface area (Å²) < 4.78 is 4.49. The number of hydrogen-bond acceptors (Lipinski definition) is 1. The van der Waals surface area contributed by atoms with Crippen molar-refractivity contribution >= 4 is 5.91 Å². The first-order chi connectivity index (χ1) is 13.5. The second-order valence-electron chi connectivity index (χ2n) is 7.93. The molecule has 1 heterocycles. The minimum Gasteiger partial charge on any atom is -0.369 e. The Morgan fingerprint density at radius 2 is 1.61 bits per heavy atom. The van der Waals surface area contributed by atoms with Crippen molar-refractivity contribution in [3.05, 3.63) is 90.0 Å². The number of aryl methyl sites for hydroxylation is 1. The van der Waals surface area contributed by atoms with Crippen LogP contribution in [0.15, 0.2) is 73.1 Å². The molecule has 2 atom stereocenters. The van der Waals surface area contributed by atoms with Crippen LogP contribution in [0.5, 0.6) is 0 Å². The SMILES string of the molecule is Cc1n(C2CCC(C(C(N)=O)(c3ccccc3)c3ccccc3)C2)cc[n+]1C. The summed E-state index contributed by atoms with van der Waals surface area (Å²) in [5, 5.41) is 0. The van der Waals surface area contributed by atoms with Crippen LogP contribution in [0.4, 0.5) is 0 Å². The van der Waals surface area contributed by atoms with Gasteiger partial charge >= 0.3 is 0 Å². The lowest BCUT2D eigenvalue weighted by Crippen LogP contribution is -2.47. The van der Waals surface area contributed by atoms with Crippen LogP contribution in [0.25, 0.3) is 0 Å². The second kappa shape index (κ2) is 7.27. The van der Waals surface area contributed by atoms with Crippen LogP contribution < -0.4 is 10.3 Å². The lowest BCUT2D eigenvalue weighted by atomic mass is 9.64. The molecule has 4 nitrogen and oxygen atoms in total.